The SMILES string of the molecule is CN1CCN(Cc2cccc([C@H]3CC3NC(=O)CN3CN(c4ccccc4)C4(CCN(C(=O)c5cnc6[nH]ncc6c5)CC4)C3=O)c2)CC1. The molecular formula is C37H43N9O3. The van der Waals surface area contributed by atoms with Crippen LogP contribution in [0, 0.1) is 0 Å². The number of likely N-dealkylation sites (N-methyl/N-ethyl adjacent to an activating group) is 1. The molecule has 5 heterocycles. The number of benzene rings is 2. The number of para-hydroxylation sites is 1. The third kappa shape index (κ3) is 6.26. The molecule has 4 aliphatic rings. The Bertz CT molecular complexity index is 1850. The molecule has 12 heteroatoms. The number of fused-ring (bicyclic) bond motifs is 1. The van der Waals surface area contributed by atoms with Gasteiger partial charge in [0.2, 0.25) is 5.91 Å². The van der Waals surface area contributed by atoms with Crippen LogP contribution in [0.3, 0.4) is 0 Å². The lowest BCUT2D eigenvalue weighted by Crippen LogP contribution is -2.57. The minimum Gasteiger partial charge on any atom is -0.351 e. The molecule has 4 aromatic rings. The molecule has 1 saturated carbocycles. The van der Waals surface area contributed by atoms with Crippen molar-refractivity contribution in [2.24, 2.45) is 0 Å². The summed E-state index contributed by atoms with van der Waals surface area (Å²) in [6.07, 6.45) is 5.08. The number of carbonyl (C=O) groups excluding carboxylic acids is 3. The lowest BCUT2D eigenvalue weighted by atomic mass is 9.85. The fourth-order valence-corrected chi connectivity index (χ4v) is 7.87. The molecule has 4 fully saturated rings. The van der Waals surface area contributed by atoms with E-state index in [1.807, 2.05) is 30.3 Å². The molecule has 2 aromatic heterocycles. The van der Waals surface area contributed by atoms with Crippen molar-refractivity contribution in [3.63, 3.8) is 0 Å². The summed E-state index contributed by atoms with van der Waals surface area (Å²) in [5.41, 5.74) is 3.84. The molecule has 254 valence electrons. The van der Waals surface area contributed by atoms with E-state index in [2.05, 4.69) is 66.5 Å². The molecule has 8 rings (SSSR count). The predicted octanol–water partition coefficient (Wildman–Crippen LogP) is 2.66. The molecule has 3 saturated heterocycles. The van der Waals surface area contributed by atoms with Crippen molar-refractivity contribution in [2.75, 3.05) is 64.4 Å². The second-order valence-corrected chi connectivity index (χ2v) is 14.1. The van der Waals surface area contributed by atoms with Gasteiger partial charge >= 0.3 is 0 Å². The zero-order valence-electron chi connectivity index (χ0n) is 27.9. The quantitative estimate of drug-likeness (QED) is 0.296. The third-order valence-corrected chi connectivity index (χ3v) is 10.9. The molecule has 0 bridgehead atoms. The molecule has 3 aliphatic heterocycles. The first-order valence-corrected chi connectivity index (χ1v) is 17.4. The van der Waals surface area contributed by atoms with Crippen LogP contribution in [0.15, 0.2) is 73.1 Å². The number of aromatic amines is 1. The molecule has 1 unspecified atom stereocenters. The number of H-pyrrole nitrogens is 1. The van der Waals surface area contributed by atoms with Gasteiger partial charge < -0.3 is 24.9 Å². The molecule has 1 spiro atoms. The van der Waals surface area contributed by atoms with E-state index in [4.69, 9.17) is 0 Å². The number of piperidine rings is 1. The standard InChI is InChI=1S/C37H43N9O3/c1-42-14-16-43(17-15-42)23-26-6-5-7-27(18-26)31-20-32(31)40-33(47)24-45-25-46(30-8-3-2-4-9-30)37(36(45)49)10-12-44(13-11-37)35(48)29-19-28-22-39-41-34(28)38-21-29/h2-9,18-19,21-22,31-32H,10-17,20,23-25H2,1H3,(H,40,47)(H,38,39,41)/t31-,32?/m1/s1. The summed E-state index contributed by atoms with van der Waals surface area (Å²) in [6.45, 7) is 6.50. The highest BCUT2D eigenvalue weighted by molar-refractivity contribution is 5.99. The molecule has 49 heavy (non-hydrogen) atoms. The maximum absolute atomic E-state index is 14.2. The highest BCUT2D eigenvalue weighted by atomic mass is 16.2. The van der Waals surface area contributed by atoms with E-state index in [0.717, 1.165) is 50.2 Å². The van der Waals surface area contributed by atoms with Gasteiger partial charge in [0.15, 0.2) is 5.65 Å². The van der Waals surface area contributed by atoms with Crippen molar-refractivity contribution < 1.29 is 14.4 Å². The minimum atomic E-state index is -0.822. The van der Waals surface area contributed by atoms with Gasteiger partial charge in [-0.25, -0.2) is 4.98 Å². The van der Waals surface area contributed by atoms with Gasteiger partial charge in [-0.15, -0.1) is 0 Å². The third-order valence-electron chi connectivity index (χ3n) is 10.9. The highest BCUT2D eigenvalue weighted by Gasteiger charge is 2.54. The summed E-state index contributed by atoms with van der Waals surface area (Å²) < 4.78 is 0. The number of likely N-dealkylation sites (tertiary alicyclic amines) is 1. The van der Waals surface area contributed by atoms with Gasteiger partial charge in [-0.2, -0.15) is 5.10 Å². The Morgan fingerprint density at radius 2 is 1.76 bits per heavy atom. The van der Waals surface area contributed by atoms with Crippen LogP contribution in [0.4, 0.5) is 5.69 Å². The van der Waals surface area contributed by atoms with Gasteiger partial charge in [0.1, 0.15) is 12.1 Å². The number of amides is 3. The average Bonchev–Trinajstić information content (AvgIpc) is 3.64. The summed E-state index contributed by atoms with van der Waals surface area (Å²) in [6, 6.07) is 20.6. The lowest BCUT2D eigenvalue weighted by Gasteiger charge is -2.43. The van der Waals surface area contributed by atoms with Gasteiger partial charge in [-0.3, -0.25) is 24.4 Å². The van der Waals surface area contributed by atoms with Crippen LogP contribution in [0.25, 0.3) is 11.0 Å². The molecule has 2 atom stereocenters. The van der Waals surface area contributed by atoms with Crippen molar-refractivity contribution >= 4 is 34.4 Å². The van der Waals surface area contributed by atoms with Gasteiger partial charge in [-0.1, -0.05) is 42.5 Å². The summed E-state index contributed by atoms with van der Waals surface area (Å²) in [4.78, 5) is 55.9. The Hall–Kier alpha value is -4.81. The molecule has 0 radical (unpaired) electrons. The number of hydrogen-bond donors (Lipinski definition) is 2. The highest BCUT2D eigenvalue weighted by Crippen LogP contribution is 2.42. The number of piperazine rings is 1. The fraction of sp³-hybridized carbons (Fsp3) is 0.432. The summed E-state index contributed by atoms with van der Waals surface area (Å²) in [5.74, 6) is 0.00431. The number of anilines is 1. The number of hydrogen-bond acceptors (Lipinski definition) is 8. The first-order valence-electron chi connectivity index (χ1n) is 17.4. The Morgan fingerprint density at radius 3 is 2.55 bits per heavy atom. The van der Waals surface area contributed by atoms with Crippen LogP contribution >= 0.6 is 0 Å². The van der Waals surface area contributed by atoms with Crippen LogP contribution in [-0.4, -0.2) is 124 Å². The van der Waals surface area contributed by atoms with Crippen molar-refractivity contribution in [1.82, 2.24) is 40.1 Å². The van der Waals surface area contributed by atoms with Crippen molar-refractivity contribution in [1.29, 1.82) is 0 Å². The van der Waals surface area contributed by atoms with E-state index < -0.39 is 5.54 Å². The minimum absolute atomic E-state index is 0.00954. The van der Waals surface area contributed by atoms with Crippen LogP contribution in [0.1, 0.15) is 46.7 Å². The normalized spacial score (nSPS) is 22.6. The maximum atomic E-state index is 14.2. The fourth-order valence-electron chi connectivity index (χ4n) is 7.87. The number of nitrogens with one attached hydrogen (secondary N) is 2. The molecule has 12 nitrogen and oxygen atoms in total. The summed E-state index contributed by atoms with van der Waals surface area (Å²) >= 11 is 0. The van der Waals surface area contributed by atoms with E-state index in [1.54, 1.807) is 28.3 Å². The second-order valence-electron chi connectivity index (χ2n) is 14.1. The van der Waals surface area contributed by atoms with Crippen molar-refractivity contribution in [3.8, 4) is 0 Å². The first kappa shape index (κ1) is 31.5. The molecule has 2 N–H and O–H groups in total. The Balaban J connectivity index is 0.907. The Kier molecular flexibility index (Phi) is 8.28. The number of nitrogens with zero attached hydrogens (tertiary/aromatic N) is 7. The van der Waals surface area contributed by atoms with Crippen LogP contribution in [-0.2, 0) is 16.1 Å². The van der Waals surface area contributed by atoms with E-state index in [9.17, 15) is 14.4 Å². The summed E-state index contributed by atoms with van der Waals surface area (Å²) in [7, 11) is 2.17. The smallest absolute Gasteiger partial charge is 0.255 e. The van der Waals surface area contributed by atoms with Crippen LogP contribution in [0.5, 0.6) is 0 Å². The van der Waals surface area contributed by atoms with Crippen molar-refractivity contribution in [3.05, 3.63) is 89.7 Å². The van der Waals surface area contributed by atoms with Gasteiger partial charge in [0.25, 0.3) is 11.8 Å². The average molecular weight is 662 g/mol. The zero-order chi connectivity index (χ0) is 33.5. The van der Waals surface area contributed by atoms with E-state index >= 15 is 0 Å². The molecular weight excluding hydrogens is 618 g/mol. The molecule has 2 aromatic carbocycles. The predicted molar refractivity (Wildman–Crippen MR) is 186 cm³/mol. The second kappa shape index (κ2) is 12.9. The van der Waals surface area contributed by atoms with Gasteiger partial charge in [-0.05, 0) is 55.6 Å². The molecule has 3 amide bonds. The number of rotatable bonds is 8. The van der Waals surface area contributed by atoms with E-state index in [0.29, 0.717) is 49.7 Å². The molecule has 1 aliphatic carbocycles. The van der Waals surface area contributed by atoms with Gasteiger partial charge in [0.05, 0.1) is 18.4 Å². The maximum Gasteiger partial charge on any atom is 0.255 e. The Morgan fingerprint density at radius 1 is 0.959 bits per heavy atom. The van der Waals surface area contributed by atoms with Crippen LogP contribution < -0.4 is 10.2 Å². The zero-order valence-corrected chi connectivity index (χ0v) is 27.9. The van der Waals surface area contributed by atoms with Crippen LogP contribution in [0.2, 0.25) is 0 Å². The lowest BCUT2D eigenvalue weighted by molar-refractivity contribution is -0.137. The number of carbonyl (C=O) groups is 3. The monoisotopic (exact) mass is 661 g/mol. The van der Waals surface area contributed by atoms with E-state index in [-0.39, 0.29) is 30.3 Å². The first-order chi connectivity index (χ1) is 23.9. The summed E-state index contributed by atoms with van der Waals surface area (Å²) in [5, 5.41) is 10.8. The largest absolute Gasteiger partial charge is 0.351 e. The van der Waals surface area contributed by atoms with Crippen molar-refractivity contribution in [2.45, 2.75) is 43.3 Å². The topological polar surface area (TPSA) is 121 Å². The Labute approximate surface area is 286 Å². The van der Waals surface area contributed by atoms with E-state index in [1.165, 1.54) is 11.1 Å². The number of pyridine rings is 1. The number of aromatic nitrogens is 3. The van der Waals surface area contributed by atoms with Gasteiger partial charge in [0, 0.05) is 75.0 Å².